The molecule has 33 heavy (non-hydrogen) atoms. The Bertz CT molecular complexity index is 996. The zero-order valence-corrected chi connectivity index (χ0v) is 18.4. The van der Waals surface area contributed by atoms with Crippen LogP contribution in [0.2, 0.25) is 0 Å². The maximum Gasteiger partial charge on any atom is 0.405 e. The zero-order chi connectivity index (χ0) is 24.6. The monoisotopic (exact) mass is 471 g/mol. The van der Waals surface area contributed by atoms with Gasteiger partial charge in [-0.15, -0.1) is 0 Å². The fourth-order valence-corrected chi connectivity index (χ4v) is 2.79. The van der Waals surface area contributed by atoms with Crippen LogP contribution in [0.4, 0.5) is 28.9 Å². The number of hydrogen-bond acceptors (Lipinski definition) is 5. The quantitative estimate of drug-likeness (QED) is 0.451. The normalized spacial score (nSPS) is 11.0. The van der Waals surface area contributed by atoms with Crippen molar-refractivity contribution in [2.45, 2.75) is 26.9 Å². The summed E-state index contributed by atoms with van der Waals surface area (Å²) in [6.45, 7) is 3.97. The molecule has 11 heteroatoms. The molecule has 0 fully saturated rings. The molecule has 0 radical (unpaired) electrons. The lowest BCUT2D eigenvalue weighted by Crippen LogP contribution is -2.33. The first-order chi connectivity index (χ1) is 15.5. The number of ether oxygens (including phenoxy) is 2. The van der Waals surface area contributed by atoms with E-state index in [1.54, 1.807) is 30.4 Å². The summed E-state index contributed by atoms with van der Waals surface area (Å²) in [4.78, 5) is 24.4. The number of alkyl halides is 3. The molecule has 0 aliphatic carbocycles. The van der Waals surface area contributed by atoms with E-state index in [2.05, 4.69) is 10.6 Å². The Kier molecular flexibility index (Phi) is 8.89. The molecule has 2 rings (SSSR count). The minimum atomic E-state index is -4.60. The van der Waals surface area contributed by atoms with Crippen molar-refractivity contribution >= 4 is 23.2 Å². The summed E-state index contributed by atoms with van der Waals surface area (Å²) < 4.78 is 62.1. The van der Waals surface area contributed by atoms with Crippen LogP contribution in [0.1, 0.15) is 29.8 Å². The van der Waals surface area contributed by atoms with Gasteiger partial charge in [-0.25, -0.2) is 4.39 Å². The zero-order valence-electron chi connectivity index (χ0n) is 18.4. The molecule has 0 saturated heterocycles. The molecule has 0 heterocycles. The van der Waals surface area contributed by atoms with Crippen LogP contribution in [0.3, 0.4) is 0 Å². The number of anilines is 2. The molecule has 0 aliphatic rings. The lowest BCUT2D eigenvalue weighted by atomic mass is 10.1. The molecular formula is C22H25F4N3O4. The number of nitrogens with one attached hydrogen (secondary N) is 3. The van der Waals surface area contributed by atoms with Gasteiger partial charge in [0.25, 0.3) is 5.91 Å². The summed E-state index contributed by atoms with van der Waals surface area (Å²) in [5.74, 6) is -1.44. The minimum absolute atomic E-state index is 0.0930. The van der Waals surface area contributed by atoms with Gasteiger partial charge < -0.3 is 25.4 Å². The summed E-state index contributed by atoms with van der Waals surface area (Å²) in [6, 6.07) is 6.96. The van der Waals surface area contributed by atoms with E-state index in [4.69, 9.17) is 9.47 Å². The molecule has 180 valence electrons. The molecule has 2 aromatic rings. The molecule has 0 aromatic heterocycles. The van der Waals surface area contributed by atoms with E-state index in [9.17, 15) is 27.2 Å². The number of hydrogen-bond donors (Lipinski definition) is 3. The number of amides is 2. The van der Waals surface area contributed by atoms with E-state index in [-0.39, 0.29) is 23.4 Å². The average Bonchev–Trinajstić information content (AvgIpc) is 2.74. The first-order valence-electron chi connectivity index (χ1n) is 10.1. The highest BCUT2D eigenvalue weighted by molar-refractivity contribution is 5.97. The van der Waals surface area contributed by atoms with Gasteiger partial charge in [0.15, 0.2) is 0 Å². The predicted molar refractivity (Wildman–Crippen MR) is 115 cm³/mol. The molecule has 2 amide bonds. The summed E-state index contributed by atoms with van der Waals surface area (Å²) in [5, 5.41) is 7.06. The Morgan fingerprint density at radius 1 is 1.00 bits per heavy atom. The predicted octanol–water partition coefficient (Wildman–Crippen LogP) is 4.27. The smallest absolute Gasteiger partial charge is 0.405 e. The second-order valence-corrected chi connectivity index (χ2v) is 6.85. The minimum Gasteiger partial charge on any atom is -0.494 e. The molecule has 0 spiro atoms. The second-order valence-electron chi connectivity index (χ2n) is 6.85. The summed E-state index contributed by atoms with van der Waals surface area (Å²) in [5.41, 5.74) is 0.255. The third-order valence-corrected chi connectivity index (χ3v) is 4.33. The van der Waals surface area contributed by atoms with Crippen LogP contribution >= 0.6 is 0 Å². The van der Waals surface area contributed by atoms with Crippen molar-refractivity contribution in [3.05, 3.63) is 47.3 Å². The van der Waals surface area contributed by atoms with E-state index in [1.807, 2.05) is 6.92 Å². The van der Waals surface area contributed by atoms with Crippen LogP contribution in [0.25, 0.3) is 0 Å². The Labute approximate surface area is 188 Å². The first-order valence-corrected chi connectivity index (χ1v) is 10.1. The van der Waals surface area contributed by atoms with Gasteiger partial charge in [-0.3, -0.25) is 9.59 Å². The molecule has 0 aliphatic heterocycles. The maximum absolute atomic E-state index is 14.2. The van der Waals surface area contributed by atoms with Gasteiger partial charge in [-0.1, -0.05) is 0 Å². The lowest BCUT2D eigenvalue weighted by Gasteiger charge is -2.15. The van der Waals surface area contributed by atoms with E-state index in [0.29, 0.717) is 30.4 Å². The fourth-order valence-electron chi connectivity index (χ4n) is 2.79. The molecule has 3 N–H and O–H groups in total. The average molecular weight is 471 g/mol. The highest BCUT2D eigenvalue weighted by Gasteiger charge is 2.28. The summed E-state index contributed by atoms with van der Waals surface area (Å²) in [7, 11) is 0. The van der Waals surface area contributed by atoms with Gasteiger partial charge in [0.05, 0.1) is 25.4 Å². The summed E-state index contributed by atoms with van der Waals surface area (Å²) >= 11 is 0. The van der Waals surface area contributed by atoms with Gasteiger partial charge in [0.2, 0.25) is 5.91 Å². The molecule has 0 saturated carbocycles. The molecule has 0 unspecified atom stereocenters. The van der Waals surface area contributed by atoms with Crippen molar-refractivity contribution in [3.8, 4) is 11.5 Å². The molecule has 0 atom stereocenters. The fraction of sp³-hybridized carbons (Fsp3) is 0.364. The molecule has 2 aromatic carbocycles. The van der Waals surface area contributed by atoms with Crippen molar-refractivity contribution in [1.82, 2.24) is 5.32 Å². The lowest BCUT2D eigenvalue weighted by molar-refractivity contribution is -0.123. The Hall–Kier alpha value is -3.50. The highest BCUT2D eigenvalue weighted by atomic mass is 19.4. The topological polar surface area (TPSA) is 88.7 Å². The van der Waals surface area contributed by atoms with Gasteiger partial charge in [-0.2, -0.15) is 13.2 Å². The van der Waals surface area contributed by atoms with Gasteiger partial charge >= 0.3 is 6.18 Å². The Morgan fingerprint density at radius 2 is 1.70 bits per heavy atom. The van der Waals surface area contributed by atoms with Crippen molar-refractivity contribution in [1.29, 1.82) is 0 Å². The standard InChI is InChI=1S/C22H25F4N3O4/c1-4-32-15-6-7-19(33-5-2)18(10-15)29-20(30)11-27-17-9-14(8-16(23)13(17)3)21(31)28-12-22(24,25)26/h6-10,27H,4-5,11-12H2,1-3H3,(H,28,31)(H,29,30). The third-order valence-electron chi connectivity index (χ3n) is 4.33. The van der Waals surface area contributed by atoms with Gasteiger partial charge in [0, 0.05) is 22.9 Å². The number of halogens is 4. The van der Waals surface area contributed by atoms with Crippen molar-refractivity contribution in [2.24, 2.45) is 0 Å². The Balaban J connectivity index is 2.11. The molecule has 0 bridgehead atoms. The summed E-state index contributed by atoms with van der Waals surface area (Å²) in [6.07, 6.45) is -4.60. The van der Waals surface area contributed by atoms with Crippen LogP contribution in [0.5, 0.6) is 11.5 Å². The third kappa shape index (κ3) is 7.85. The number of benzene rings is 2. The van der Waals surface area contributed by atoms with Crippen LogP contribution in [0, 0.1) is 12.7 Å². The van der Waals surface area contributed by atoms with Crippen LogP contribution in [0.15, 0.2) is 30.3 Å². The largest absolute Gasteiger partial charge is 0.494 e. The van der Waals surface area contributed by atoms with Crippen LogP contribution in [-0.4, -0.2) is 44.3 Å². The van der Waals surface area contributed by atoms with Crippen molar-refractivity contribution in [3.63, 3.8) is 0 Å². The number of carbonyl (C=O) groups excluding carboxylic acids is 2. The van der Waals surface area contributed by atoms with E-state index >= 15 is 0 Å². The van der Waals surface area contributed by atoms with E-state index in [1.165, 1.54) is 13.0 Å². The Morgan fingerprint density at radius 3 is 2.33 bits per heavy atom. The molecular weight excluding hydrogens is 446 g/mol. The van der Waals surface area contributed by atoms with Gasteiger partial charge in [-0.05, 0) is 45.0 Å². The number of carbonyl (C=O) groups is 2. The van der Waals surface area contributed by atoms with Crippen molar-refractivity contribution < 1.29 is 36.6 Å². The second kappa shape index (κ2) is 11.4. The molecule has 7 nitrogen and oxygen atoms in total. The van der Waals surface area contributed by atoms with Crippen LogP contribution in [-0.2, 0) is 4.79 Å². The first kappa shape index (κ1) is 25.8. The highest BCUT2D eigenvalue weighted by Crippen LogP contribution is 2.29. The maximum atomic E-state index is 14.2. The van der Waals surface area contributed by atoms with E-state index in [0.717, 1.165) is 6.07 Å². The number of rotatable bonds is 10. The SMILES string of the molecule is CCOc1ccc(OCC)c(NC(=O)CNc2cc(C(=O)NCC(F)(F)F)cc(F)c2C)c1. The van der Waals surface area contributed by atoms with Crippen molar-refractivity contribution in [2.75, 3.05) is 36.9 Å². The van der Waals surface area contributed by atoms with Crippen LogP contribution < -0.4 is 25.4 Å². The van der Waals surface area contributed by atoms with Gasteiger partial charge in [0.1, 0.15) is 23.9 Å². The van der Waals surface area contributed by atoms with E-state index < -0.39 is 30.4 Å².